The molecule has 2 rings (SSSR count). The number of nitriles is 1. The molecular formula is C11H12N4O2. The lowest BCUT2D eigenvalue weighted by molar-refractivity contribution is -0.139. The van der Waals surface area contributed by atoms with Gasteiger partial charge in [0, 0.05) is 12.1 Å². The Morgan fingerprint density at radius 2 is 2.47 bits per heavy atom. The summed E-state index contributed by atoms with van der Waals surface area (Å²) in [5, 5.41) is 15.6. The van der Waals surface area contributed by atoms with Crippen LogP contribution in [0.15, 0.2) is 4.99 Å². The third-order valence-electron chi connectivity index (χ3n) is 2.76. The highest BCUT2D eigenvalue weighted by molar-refractivity contribution is 6.02. The summed E-state index contributed by atoms with van der Waals surface area (Å²) in [6, 6.07) is 2.03. The molecule has 17 heavy (non-hydrogen) atoms. The molecule has 1 saturated heterocycles. The number of cyclic esters (lactones) is 1. The van der Waals surface area contributed by atoms with Crippen molar-refractivity contribution in [2.75, 3.05) is 6.61 Å². The van der Waals surface area contributed by atoms with E-state index in [2.05, 4.69) is 15.2 Å². The largest absolute Gasteiger partial charge is 0.465 e. The first-order chi connectivity index (χ1) is 8.13. The number of hydrogen-bond acceptors (Lipinski definition) is 5. The molecule has 0 saturated carbocycles. The zero-order valence-electron chi connectivity index (χ0n) is 9.65. The van der Waals surface area contributed by atoms with Gasteiger partial charge in [-0.1, -0.05) is 0 Å². The summed E-state index contributed by atoms with van der Waals surface area (Å²) in [7, 11) is 0. The monoisotopic (exact) mass is 232 g/mol. The fourth-order valence-electron chi connectivity index (χ4n) is 1.75. The van der Waals surface area contributed by atoms with Crippen molar-refractivity contribution < 1.29 is 9.53 Å². The Hall–Kier alpha value is -2.16. The fourth-order valence-corrected chi connectivity index (χ4v) is 1.75. The zero-order chi connectivity index (χ0) is 12.4. The van der Waals surface area contributed by atoms with Crippen LogP contribution in [0.25, 0.3) is 0 Å². The highest BCUT2D eigenvalue weighted by atomic mass is 16.5. The zero-order valence-corrected chi connectivity index (χ0v) is 9.65. The van der Waals surface area contributed by atoms with E-state index in [1.54, 1.807) is 13.8 Å². The molecule has 0 bridgehead atoms. The van der Waals surface area contributed by atoms with Crippen molar-refractivity contribution in [3.05, 3.63) is 11.3 Å². The fraction of sp³-hybridized carbons (Fsp3) is 0.455. The molecule has 6 heteroatoms. The number of nitrogens with zero attached hydrogens (tertiary/aromatic N) is 3. The van der Waals surface area contributed by atoms with Crippen LogP contribution >= 0.6 is 0 Å². The van der Waals surface area contributed by atoms with Gasteiger partial charge in [-0.05, 0) is 13.8 Å². The molecule has 2 heterocycles. The van der Waals surface area contributed by atoms with Gasteiger partial charge in [0.1, 0.15) is 11.6 Å². The topological polar surface area (TPSA) is 91.1 Å². The highest BCUT2D eigenvalue weighted by Gasteiger charge is 2.29. The number of aliphatic imine (C=N–C) groups is 1. The number of nitrogens with one attached hydrogen (secondary N) is 1. The highest BCUT2D eigenvalue weighted by Crippen LogP contribution is 2.22. The summed E-state index contributed by atoms with van der Waals surface area (Å²) in [6.07, 6.45) is 0.638. The Kier molecular flexibility index (Phi) is 2.91. The number of aromatic amines is 1. The van der Waals surface area contributed by atoms with E-state index in [-0.39, 0.29) is 11.9 Å². The van der Waals surface area contributed by atoms with Gasteiger partial charge in [-0.15, -0.1) is 0 Å². The molecule has 1 fully saturated rings. The van der Waals surface area contributed by atoms with E-state index in [9.17, 15) is 4.79 Å². The number of carbonyl (C=O) groups is 1. The molecule has 88 valence electrons. The first kappa shape index (κ1) is 11.3. The van der Waals surface area contributed by atoms with Crippen LogP contribution in [0.3, 0.4) is 0 Å². The SMILES string of the molecule is CC(=Nc1n[nH]c(C)c1C#N)C1CCOC1=O. The molecule has 0 amide bonds. The molecule has 0 spiro atoms. The van der Waals surface area contributed by atoms with Gasteiger partial charge in [0.25, 0.3) is 0 Å². The van der Waals surface area contributed by atoms with Gasteiger partial charge in [-0.25, -0.2) is 4.99 Å². The summed E-state index contributed by atoms with van der Waals surface area (Å²) in [4.78, 5) is 15.6. The van der Waals surface area contributed by atoms with Crippen molar-refractivity contribution in [2.45, 2.75) is 20.3 Å². The van der Waals surface area contributed by atoms with Crippen LogP contribution in [0.5, 0.6) is 0 Å². The lowest BCUT2D eigenvalue weighted by atomic mass is 10.0. The molecular weight excluding hydrogens is 220 g/mol. The summed E-state index contributed by atoms with van der Waals surface area (Å²) < 4.78 is 4.87. The summed E-state index contributed by atoms with van der Waals surface area (Å²) in [5.41, 5.74) is 1.72. The number of aromatic nitrogens is 2. The average Bonchev–Trinajstić information content (AvgIpc) is 2.85. The minimum absolute atomic E-state index is 0.253. The van der Waals surface area contributed by atoms with E-state index < -0.39 is 0 Å². The van der Waals surface area contributed by atoms with Gasteiger partial charge in [-0.2, -0.15) is 10.4 Å². The van der Waals surface area contributed by atoms with Crippen molar-refractivity contribution in [1.29, 1.82) is 5.26 Å². The maximum atomic E-state index is 11.4. The van der Waals surface area contributed by atoms with E-state index in [1.807, 2.05) is 6.07 Å². The van der Waals surface area contributed by atoms with Crippen LogP contribution in [0, 0.1) is 24.2 Å². The van der Waals surface area contributed by atoms with Gasteiger partial charge in [0.15, 0.2) is 5.82 Å². The quantitative estimate of drug-likeness (QED) is 0.613. The predicted molar refractivity (Wildman–Crippen MR) is 59.9 cm³/mol. The van der Waals surface area contributed by atoms with E-state index in [4.69, 9.17) is 10.00 Å². The number of aryl methyl sites for hydroxylation is 1. The standard InChI is InChI=1S/C11H12N4O2/c1-6(8-3-4-17-11(8)16)13-10-9(5-12)7(2)14-15-10/h8H,3-4H2,1-2H3,(H,14,15). The molecule has 1 aliphatic rings. The Morgan fingerprint density at radius 3 is 3.06 bits per heavy atom. The lowest BCUT2D eigenvalue weighted by Gasteiger charge is -2.03. The van der Waals surface area contributed by atoms with E-state index >= 15 is 0 Å². The van der Waals surface area contributed by atoms with Crippen molar-refractivity contribution in [2.24, 2.45) is 10.9 Å². The molecule has 1 aromatic rings. The Morgan fingerprint density at radius 1 is 1.71 bits per heavy atom. The van der Waals surface area contributed by atoms with Gasteiger partial charge in [0.05, 0.1) is 18.2 Å². The minimum atomic E-state index is -0.307. The number of H-pyrrole nitrogens is 1. The van der Waals surface area contributed by atoms with Crippen LogP contribution in [0.2, 0.25) is 0 Å². The minimum Gasteiger partial charge on any atom is -0.465 e. The maximum absolute atomic E-state index is 11.4. The predicted octanol–water partition coefficient (Wildman–Crippen LogP) is 1.25. The van der Waals surface area contributed by atoms with Crippen LogP contribution in [-0.2, 0) is 9.53 Å². The summed E-state index contributed by atoms with van der Waals surface area (Å²) >= 11 is 0. The maximum Gasteiger partial charge on any atom is 0.314 e. The molecule has 1 aliphatic heterocycles. The molecule has 1 N–H and O–H groups in total. The van der Waals surface area contributed by atoms with Crippen molar-refractivity contribution >= 4 is 17.5 Å². The second-order valence-corrected chi connectivity index (χ2v) is 3.92. The third-order valence-corrected chi connectivity index (χ3v) is 2.76. The van der Waals surface area contributed by atoms with Crippen LogP contribution in [-0.4, -0.2) is 28.5 Å². The lowest BCUT2D eigenvalue weighted by Crippen LogP contribution is -2.16. The molecule has 1 aromatic heterocycles. The molecule has 0 aliphatic carbocycles. The number of esters is 1. The van der Waals surface area contributed by atoms with Crippen LogP contribution in [0.4, 0.5) is 5.82 Å². The average molecular weight is 232 g/mol. The first-order valence-electron chi connectivity index (χ1n) is 5.30. The molecule has 0 radical (unpaired) electrons. The first-order valence-corrected chi connectivity index (χ1v) is 5.30. The third kappa shape index (κ3) is 2.04. The number of hydrogen-bond donors (Lipinski definition) is 1. The van der Waals surface area contributed by atoms with Gasteiger partial charge < -0.3 is 4.74 Å². The smallest absolute Gasteiger partial charge is 0.314 e. The van der Waals surface area contributed by atoms with Crippen LogP contribution in [0.1, 0.15) is 24.6 Å². The Bertz CT molecular complexity index is 524. The van der Waals surface area contributed by atoms with Crippen LogP contribution < -0.4 is 0 Å². The van der Waals surface area contributed by atoms with E-state index in [1.165, 1.54) is 0 Å². The van der Waals surface area contributed by atoms with Crippen molar-refractivity contribution in [3.63, 3.8) is 0 Å². The number of rotatable bonds is 2. The van der Waals surface area contributed by atoms with E-state index in [0.717, 1.165) is 0 Å². The van der Waals surface area contributed by atoms with E-state index in [0.29, 0.717) is 35.8 Å². The Labute approximate surface area is 98.3 Å². The van der Waals surface area contributed by atoms with Crippen molar-refractivity contribution in [1.82, 2.24) is 10.2 Å². The second-order valence-electron chi connectivity index (χ2n) is 3.92. The van der Waals surface area contributed by atoms with Crippen molar-refractivity contribution in [3.8, 4) is 6.07 Å². The number of ether oxygens (including phenoxy) is 1. The number of carbonyl (C=O) groups excluding carboxylic acids is 1. The molecule has 1 unspecified atom stereocenters. The summed E-state index contributed by atoms with van der Waals surface area (Å²) in [5.74, 6) is -0.224. The van der Waals surface area contributed by atoms with Gasteiger partial charge in [-0.3, -0.25) is 9.89 Å². The van der Waals surface area contributed by atoms with Gasteiger partial charge in [0.2, 0.25) is 0 Å². The normalized spacial score (nSPS) is 20.2. The second kappa shape index (κ2) is 4.37. The molecule has 0 aromatic carbocycles. The molecule has 6 nitrogen and oxygen atoms in total. The Balaban J connectivity index is 2.30. The molecule has 1 atom stereocenters. The summed E-state index contributed by atoms with van der Waals surface area (Å²) in [6.45, 7) is 3.94. The van der Waals surface area contributed by atoms with Gasteiger partial charge >= 0.3 is 5.97 Å².